The lowest BCUT2D eigenvalue weighted by atomic mass is 9.86. The molecule has 1 aliphatic rings. The van der Waals surface area contributed by atoms with Crippen LogP contribution in [0.1, 0.15) is 50.5 Å². The van der Waals surface area contributed by atoms with E-state index in [0.717, 1.165) is 31.2 Å². The Hall–Kier alpha value is -2.18. The number of rotatable bonds is 7. The zero-order chi connectivity index (χ0) is 18.9. The fourth-order valence-electron chi connectivity index (χ4n) is 3.33. The molecule has 0 bridgehead atoms. The topological polar surface area (TPSA) is 75.6 Å². The van der Waals surface area contributed by atoms with Gasteiger partial charge in [0.2, 0.25) is 5.91 Å². The Labute approximate surface area is 151 Å². The Bertz CT molecular complexity index is 592. The van der Waals surface area contributed by atoms with Crippen molar-refractivity contribution in [2.45, 2.75) is 64.0 Å². The summed E-state index contributed by atoms with van der Waals surface area (Å²) in [5.41, 5.74) is 0.828. The maximum Gasteiger partial charge on any atom is 0.387 e. The molecule has 2 rings (SSSR count). The Morgan fingerprint density at radius 2 is 1.77 bits per heavy atom. The molecule has 5 nitrogen and oxygen atoms in total. The highest BCUT2D eigenvalue weighted by atomic mass is 19.3. The van der Waals surface area contributed by atoms with Gasteiger partial charge in [-0.2, -0.15) is 8.78 Å². The molecule has 1 amide bonds. The van der Waals surface area contributed by atoms with Crippen molar-refractivity contribution >= 4 is 11.9 Å². The Kier molecular flexibility index (Phi) is 7.81. The van der Waals surface area contributed by atoms with Gasteiger partial charge in [0.25, 0.3) is 0 Å². The molecule has 2 N–H and O–H groups in total. The fraction of sp³-hybridized carbons (Fsp3) is 0.579. The highest BCUT2D eigenvalue weighted by Crippen LogP contribution is 2.23. The molecule has 1 aromatic rings. The second-order valence-electron chi connectivity index (χ2n) is 6.63. The average molecular weight is 369 g/mol. The van der Waals surface area contributed by atoms with E-state index in [1.54, 1.807) is 12.1 Å². The summed E-state index contributed by atoms with van der Waals surface area (Å²) in [6.07, 6.45) is 5.83. The zero-order valence-electron chi connectivity index (χ0n) is 14.6. The molecule has 0 radical (unpaired) electrons. The maximum atomic E-state index is 12.2. The summed E-state index contributed by atoms with van der Waals surface area (Å²) in [4.78, 5) is 23.7. The molecule has 0 aromatic heterocycles. The SMILES string of the molecule is O=C(CCc1ccc(OC(F)F)cc1)NC1CCCCCCC1C(=O)O. The number of aliphatic carboxylic acids is 1. The molecular weight excluding hydrogens is 344 g/mol. The summed E-state index contributed by atoms with van der Waals surface area (Å²) < 4.78 is 28.5. The van der Waals surface area contributed by atoms with Crippen LogP contribution in [0.2, 0.25) is 0 Å². The van der Waals surface area contributed by atoms with Gasteiger partial charge < -0.3 is 15.2 Å². The Balaban J connectivity index is 1.85. The van der Waals surface area contributed by atoms with Gasteiger partial charge in [-0.25, -0.2) is 0 Å². The second-order valence-corrected chi connectivity index (χ2v) is 6.63. The van der Waals surface area contributed by atoms with Crippen LogP contribution in [0.5, 0.6) is 5.75 Å². The molecule has 0 heterocycles. The van der Waals surface area contributed by atoms with E-state index in [-0.39, 0.29) is 24.1 Å². The highest BCUT2D eigenvalue weighted by Gasteiger charge is 2.29. The van der Waals surface area contributed by atoms with Gasteiger partial charge in [0, 0.05) is 12.5 Å². The number of amides is 1. The Morgan fingerprint density at radius 3 is 2.38 bits per heavy atom. The number of ether oxygens (including phenoxy) is 1. The molecule has 7 heteroatoms. The molecule has 1 aliphatic carbocycles. The van der Waals surface area contributed by atoms with E-state index in [9.17, 15) is 23.5 Å². The first-order valence-corrected chi connectivity index (χ1v) is 9.01. The quantitative estimate of drug-likeness (QED) is 0.767. The van der Waals surface area contributed by atoms with Crippen molar-refractivity contribution in [1.82, 2.24) is 5.32 Å². The number of carboxylic acid groups (broad SMARTS) is 1. The number of hydrogen-bond donors (Lipinski definition) is 2. The van der Waals surface area contributed by atoms with Gasteiger partial charge >= 0.3 is 12.6 Å². The summed E-state index contributed by atoms with van der Waals surface area (Å²) in [6, 6.07) is 5.83. The molecule has 26 heavy (non-hydrogen) atoms. The van der Waals surface area contributed by atoms with Crippen LogP contribution < -0.4 is 10.1 Å². The number of carbonyl (C=O) groups is 2. The lowest BCUT2D eigenvalue weighted by Crippen LogP contribution is -2.44. The molecule has 1 fully saturated rings. The summed E-state index contributed by atoms with van der Waals surface area (Å²) in [6.45, 7) is -2.86. The summed E-state index contributed by atoms with van der Waals surface area (Å²) in [5.74, 6) is -1.50. The molecule has 1 saturated carbocycles. The number of nitrogens with one attached hydrogen (secondary N) is 1. The number of hydrogen-bond acceptors (Lipinski definition) is 3. The van der Waals surface area contributed by atoms with Gasteiger partial charge in [0.1, 0.15) is 5.75 Å². The number of alkyl halides is 2. The number of aryl methyl sites for hydroxylation is 1. The van der Waals surface area contributed by atoms with Crippen molar-refractivity contribution in [3.05, 3.63) is 29.8 Å². The monoisotopic (exact) mass is 369 g/mol. The normalized spacial score (nSPS) is 20.9. The van der Waals surface area contributed by atoms with Crippen molar-refractivity contribution in [2.75, 3.05) is 0 Å². The molecule has 144 valence electrons. The predicted octanol–water partition coefficient (Wildman–Crippen LogP) is 3.76. The molecule has 2 unspecified atom stereocenters. The van der Waals surface area contributed by atoms with Crippen molar-refractivity contribution in [3.8, 4) is 5.75 Å². The number of carboxylic acids is 1. The van der Waals surface area contributed by atoms with E-state index in [1.807, 2.05) is 0 Å². The van der Waals surface area contributed by atoms with Gasteiger partial charge in [0.05, 0.1) is 5.92 Å². The van der Waals surface area contributed by atoms with E-state index in [0.29, 0.717) is 19.3 Å². The second kappa shape index (κ2) is 10.1. The van der Waals surface area contributed by atoms with Crippen LogP contribution in [0, 0.1) is 5.92 Å². The van der Waals surface area contributed by atoms with E-state index in [2.05, 4.69) is 10.1 Å². The molecule has 2 atom stereocenters. The largest absolute Gasteiger partial charge is 0.481 e. The average Bonchev–Trinajstić information content (AvgIpc) is 2.56. The first-order valence-electron chi connectivity index (χ1n) is 9.01. The van der Waals surface area contributed by atoms with Gasteiger partial charge in [0.15, 0.2) is 0 Å². The molecule has 0 saturated heterocycles. The van der Waals surface area contributed by atoms with Crippen LogP contribution in [0.15, 0.2) is 24.3 Å². The van der Waals surface area contributed by atoms with Gasteiger partial charge in [-0.15, -0.1) is 0 Å². The zero-order valence-corrected chi connectivity index (χ0v) is 14.6. The molecular formula is C19H25F2NO4. The highest BCUT2D eigenvalue weighted by molar-refractivity contribution is 5.78. The lowest BCUT2D eigenvalue weighted by Gasteiger charge is -2.27. The smallest absolute Gasteiger partial charge is 0.387 e. The van der Waals surface area contributed by atoms with E-state index < -0.39 is 18.5 Å². The first kappa shape index (κ1) is 20.1. The van der Waals surface area contributed by atoms with Crippen molar-refractivity contribution in [1.29, 1.82) is 0 Å². The standard InChI is InChI=1S/C19H25F2NO4/c20-19(21)26-14-10-7-13(8-11-14)9-12-17(23)22-16-6-4-2-1-3-5-15(16)18(24)25/h7-8,10-11,15-16,19H,1-6,9,12H2,(H,22,23)(H,24,25). The summed E-state index contributed by atoms with van der Waals surface area (Å²) in [7, 11) is 0. The Morgan fingerprint density at radius 1 is 1.12 bits per heavy atom. The van der Waals surface area contributed by atoms with E-state index in [4.69, 9.17) is 0 Å². The van der Waals surface area contributed by atoms with Crippen LogP contribution in [0.3, 0.4) is 0 Å². The maximum absolute atomic E-state index is 12.2. The van der Waals surface area contributed by atoms with E-state index in [1.165, 1.54) is 12.1 Å². The lowest BCUT2D eigenvalue weighted by molar-refractivity contribution is -0.143. The van der Waals surface area contributed by atoms with E-state index >= 15 is 0 Å². The summed E-state index contributed by atoms with van der Waals surface area (Å²) in [5, 5.41) is 12.3. The summed E-state index contributed by atoms with van der Waals surface area (Å²) >= 11 is 0. The third-order valence-corrected chi connectivity index (χ3v) is 4.72. The van der Waals surface area contributed by atoms with Crippen LogP contribution in [-0.4, -0.2) is 29.6 Å². The molecule has 0 spiro atoms. The first-order chi connectivity index (χ1) is 12.5. The minimum atomic E-state index is -2.86. The number of benzene rings is 1. The van der Waals surface area contributed by atoms with Crippen LogP contribution in [-0.2, 0) is 16.0 Å². The van der Waals surface area contributed by atoms with Crippen molar-refractivity contribution in [3.63, 3.8) is 0 Å². The number of halogens is 2. The number of carbonyl (C=O) groups excluding carboxylic acids is 1. The van der Waals surface area contributed by atoms with Crippen molar-refractivity contribution in [2.24, 2.45) is 5.92 Å². The molecule has 1 aromatic carbocycles. The van der Waals surface area contributed by atoms with Gasteiger partial charge in [-0.05, 0) is 37.0 Å². The third kappa shape index (κ3) is 6.61. The van der Waals surface area contributed by atoms with Gasteiger partial charge in [-0.1, -0.05) is 37.8 Å². The minimum Gasteiger partial charge on any atom is -0.481 e. The van der Waals surface area contributed by atoms with Crippen LogP contribution in [0.4, 0.5) is 8.78 Å². The third-order valence-electron chi connectivity index (χ3n) is 4.72. The molecule has 0 aliphatic heterocycles. The van der Waals surface area contributed by atoms with Gasteiger partial charge in [-0.3, -0.25) is 9.59 Å². The van der Waals surface area contributed by atoms with Crippen molar-refractivity contribution < 1.29 is 28.2 Å². The fourth-order valence-corrected chi connectivity index (χ4v) is 3.33. The van der Waals surface area contributed by atoms with Crippen LogP contribution >= 0.6 is 0 Å². The van der Waals surface area contributed by atoms with Crippen LogP contribution in [0.25, 0.3) is 0 Å². The minimum absolute atomic E-state index is 0.0759. The predicted molar refractivity (Wildman–Crippen MR) is 92.2 cm³/mol.